The van der Waals surface area contributed by atoms with Gasteiger partial charge in [0, 0.05) is 25.2 Å². The number of carbonyl (C=O) groups is 1. The highest BCUT2D eigenvalue weighted by molar-refractivity contribution is 5.98. The third kappa shape index (κ3) is 3.43. The molecule has 7 heteroatoms. The molecule has 0 spiro atoms. The molecule has 1 N–H and O–H groups in total. The first-order chi connectivity index (χ1) is 16.2. The number of carbonyl (C=O) groups excluding carboxylic acids is 1. The predicted octanol–water partition coefficient (Wildman–Crippen LogP) is 4.50. The van der Waals surface area contributed by atoms with E-state index in [4.69, 9.17) is 14.5 Å². The Labute approximate surface area is 193 Å². The SMILES string of the molecule is CC1=C(C(=O)N2CCCCC2)C(c2ccc3c(c2)OCCCO3)n2c(nc3ccccc32)N1. The fourth-order valence-electron chi connectivity index (χ4n) is 5.17. The third-order valence-corrected chi connectivity index (χ3v) is 6.79. The molecular weight excluding hydrogens is 416 g/mol. The Morgan fingerprint density at radius 3 is 2.64 bits per heavy atom. The maximum atomic E-state index is 13.9. The highest BCUT2D eigenvalue weighted by Gasteiger charge is 2.36. The molecule has 3 aliphatic rings. The lowest BCUT2D eigenvalue weighted by molar-refractivity contribution is -0.128. The molecule has 0 aliphatic carbocycles. The zero-order valence-electron chi connectivity index (χ0n) is 18.8. The van der Waals surface area contributed by atoms with E-state index in [0.717, 1.165) is 77.7 Å². The van der Waals surface area contributed by atoms with E-state index in [-0.39, 0.29) is 11.9 Å². The molecule has 0 bridgehead atoms. The lowest BCUT2D eigenvalue weighted by Crippen LogP contribution is -2.40. The minimum Gasteiger partial charge on any atom is -0.490 e. The topological polar surface area (TPSA) is 68.6 Å². The van der Waals surface area contributed by atoms with Crippen LogP contribution < -0.4 is 14.8 Å². The maximum absolute atomic E-state index is 13.9. The van der Waals surface area contributed by atoms with Crippen LogP contribution in [0, 0.1) is 0 Å². The number of piperidine rings is 1. The van der Waals surface area contributed by atoms with Gasteiger partial charge in [-0.3, -0.25) is 9.36 Å². The van der Waals surface area contributed by atoms with Crippen LogP contribution >= 0.6 is 0 Å². The number of anilines is 1. The van der Waals surface area contributed by atoms with E-state index in [2.05, 4.69) is 22.0 Å². The van der Waals surface area contributed by atoms with Gasteiger partial charge in [0.15, 0.2) is 11.5 Å². The maximum Gasteiger partial charge on any atom is 0.254 e. The molecule has 6 rings (SSSR count). The zero-order chi connectivity index (χ0) is 22.4. The van der Waals surface area contributed by atoms with Gasteiger partial charge in [0.25, 0.3) is 5.91 Å². The van der Waals surface area contributed by atoms with Crippen molar-refractivity contribution in [1.29, 1.82) is 0 Å². The molecule has 4 heterocycles. The van der Waals surface area contributed by atoms with Crippen LogP contribution in [0.1, 0.15) is 44.2 Å². The van der Waals surface area contributed by atoms with Crippen LogP contribution in [0.5, 0.6) is 11.5 Å². The molecule has 1 fully saturated rings. The minimum absolute atomic E-state index is 0.0974. The van der Waals surface area contributed by atoms with Crippen molar-refractivity contribution in [3.63, 3.8) is 0 Å². The van der Waals surface area contributed by atoms with Gasteiger partial charge in [0.05, 0.1) is 35.9 Å². The van der Waals surface area contributed by atoms with Gasteiger partial charge < -0.3 is 19.7 Å². The molecule has 2 aromatic carbocycles. The summed E-state index contributed by atoms with van der Waals surface area (Å²) < 4.78 is 14.0. The summed E-state index contributed by atoms with van der Waals surface area (Å²) in [5.41, 5.74) is 4.50. The Balaban J connectivity index is 1.53. The number of rotatable bonds is 2. The monoisotopic (exact) mass is 444 g/mol. The molecule has 3 aliphatic heterocycles. The first-order valence-corrected chi connectivity index (χ1v) is 11.8. The number of para-hydroxylation sites is 2. The molecule has 1 aromatic heterocycles. The van der Waals surface area contributed by atoms with Gasteiger partial charge in [0.1, 0.15) is 0 Å². The number of hydrogen-bond acceptors (Lipinski definition) is 5. The Bertz CT molecular complexity index is 1260. The van der Waals surface area contributed by atoms with Crippen molar-refractivity contribution in [2.75, 3.05) is 31.6 Å². The van der Waals surface area contributed by atoms with Crippen molar-refractivity contribution in [2.45, 2.75) is 38.6 Å². The van der Waals surface area contributed by atoms with Crippen molar-refractivity contribution in [1.82, 2.24) is 14.5 Å². The molecule has 0 radical (unpaired) electrons. The summed E-state index contributed by atoms with van der Waals surface area (Å²) in [6, 6.07) is 13.8. The van der Waals surface area contributed by atoms with E-state index in [9.17, 15) is 4.79 Å². The number of allylic oxidation sites excluding steroid dienone is 1. The normalized spacial score (nSPS) is 20.3. The first-order valence-electron chi connectivity index (χ1n) is 11.8. The second-order valence-electron chi connectivity index (χ2n) is 8.97. The molecule has 170 valence electrons. The van der Waals surface area contributed by atoms with E-state index in [1.165, 1.54) is 6.42 Å². The average molecular weight is 445 g/mol. The summed E-state index contributed by atoms with van der Waals surface area (Å²) in [7, 11) is 0. The Kier molecular flexibility index (Phi) is 4.97. The summed E-state index contributed by atoms with van der Waals surface area (Å²) in [5, 5.41) is 3.42. The van der Waals surface area contributed by atoms with Gasteiger partial charge >= 0.3 is 0 Å². The molecule has 3 aromatic rings. The number of amides is 1. The molecule has 1 atom stereocenters. The van der Waals surface area contributed by atoms with Gasteiger partial charge in [-0.15, -0.1) is 0 Å². The molecule has 1 amide bonds. The van der Waals surface area contributed by atoms with Crippen LogP contribution in [0.2, 0.25) is 0 Å². The lowest BCUT2D eigenvalue weighted by Gasteiger charge is -2.35. The average Bonchev–Trinajstić information content (AvgIpc) is 3.04. The van der Waals surface area contributed by atoms with E-state index in [1.54, 1.807) is 0 Å². The highest BCUT2D eigenvalue weighted by Crippen LogP contribution is 2.42. The van der Waals surface area contributed by atoms with Gasteiger partial charge in [-0.25, -0.2) is 4.98 Å². The number of ether oxygens (including phenoxy) is 2. The Hall–Kier alpha value is -3.48. The summed E-state index contributed by atoms with van der Waals surface area (Å²) >= 11 is 0. The van der Waals surface area contributed by atoms with Crippen molar-refractivity contribution in [3.05, 3.63) is 59.3 Å². The number of hydrogen-bond donors (Lipinski definition) is 1. The summed E-state index contributed by atoms with van der Waals surface area (Å²) in [5.74, 6) is 2.34. The van der Waals surface area contributed by atoms with E-state index >= 15 is 0 Å². The first kappa shape index (κ1) is 20.1. The van der Waals surface area contributed by atoms with Crippen LogP contribution in [0.15, 0.2) is 53.7 Å². The number of aromatic nitrogens is 2. The Morgan fingerprint density at radius 1 is 1.00 bits per heavy atom. The predicted molar refractivity (Wildman–Crippen MR) is 127 cm³/mol. The van der Waals surface area contributed by atoms with E-state index < -0.39 is 0 Å². The molecule has 1 unspecified atom stereocenters. The second-order valence-corrected chi connectivity index (χ2v) is 8.97. The molecular formula is C26H28N4O3. The highest BCUT2D eigenvalue weighted by atomic mass is 16.5. The van der Waals surface area contributed by atoms with Crippen molar-refractivity contribution in [2.24, 2.45) is 0 Å². The molecule has 33 heavy (non-hydrogen) atoms. The summed E-state index contributed by atoms with van der Waals surface area (Å²) in [6.07, 6.45) is 4.15. The quantitative estimate of drug-likeness (QED) is 0.630. The van der Waals surface area contributed by atoms with Gasteiger partial charge in [0.2, 0.25) is 5.95 Å². The number of benzene rings is 2. The van der Waals surface area contributed by atoms with Crippen LogP contribution in [0.3, 0.4) is 0 Å². The fourth-order valence-corrected chi connectivity index (χ4v) is 5.17. The number of imidazole rings is 1. The van der Waals surface area contributed by atoms with Crippen molar-refractivity contribution < 1.29 is 14.3 Å². The van der Waals surface area contributed by atoms with E-state index in [1.807, 2.05) is 42.2 Å². The van der Waals surface area contributed by atoms with Gasteiger partial charge in [-0.2, -0.15) is 0 Å². The van der Waals surface area contributed by atoms with Crippen LogP contribution in [0.25, 0.3) is 11.0 Å². The number of nitrogens with one attached hydrogen (secondary N) is 1. The van der Waals surface area contributed by atoms with Crippen LogP contribution in [0.4, 0.5) is 5.95 Å². The standard InChI is InChI=1S/C26H28N4O3/c1-17-23(25(31)29-12-5-2-6-13-29)24(18-10-11-21-22(16-18)33-15-7-14-32-21)30-20-9-4-3-8-19(20)28-26(30)27-17/h3-4,8-11,16,24H,2,5-7,12-15H2,1H3,(H,27,28). The zero-order valence-corrected chi connectivity index (χ0v) is 18.8. The Morgan fingerprint density at radius 2 is 1.79 bits per heavy atom. The number of likely N-dealkylation sites (tertiary alicyclic amines) is 1. The summed E-state index contributed by atoms with van der Waals surface area (Å²) in [4.78, 5) is 20.7. The molecule has 1 saturated heterocycles. The minimum atomic E-state index is -0.305. The third-order valence-electron chi connectivity index (χ3n) is 6.79. The van der Waals surface area contributed by atoms with Gasteiger partial charge in [-0.05, 0) is 56.0 Å². The largest absolute Gasteiger partial charge is 0.490 e. The summed E-state index contributed by atoms with van der Waals surface area (Å²) in [6.45, 7) is 4.86. The fraction of sp³-hybridized carbons (Fsp3) is 0.385. The molecule has 0 saturated carbocycles. The number of nitrogens with zero attached hydrogens (tertiary/aromatic N) is 3. The van der Waals surface area contributed by atoms with Crippen molar-refractivity contribution in [3.8, 4) is 11.5 Å². The second kappa shape index (κ2) is 8.14. The smallest absolute Gasteiger partial charge is 0.254 e. The van der Waals surface area contributed by atoms with E-state index in [0.29, 0.717) is 13.2 Å². The lowest BCUT2D eigenvalue weighted by atomic mass is 9.93. The van der Waals surface area contributed by atoms with Crippen LogP contribution in [-0.2, 0) is 4.79 Å². The molecule has 7 nitrogen and oxygen atoms in total. The van der Waals surface area contributed by atoms with Gasteiger partial charge in [-0.1, -0.05) is 18.2 Å². The number of fused-ring (bicyclic) bond motifs is 4. The van der Waals surface area contributed by atoms with Crippen LogP contribution in [-0.4, -0.2) is 46.7 Å². The van der Waals surface area contributed by atoms with Crippen molar-refractivity contribution >= 4 is 22.9 Å².